The molecular weight excluding hydrogens is 263 g/mol. The minimum Gasteiger partial charge on any atom is -0.462 e. The Morgan fingerprint density at radius 1 is 1.53 bits per heavy atom. The molecule has 0 spiro atoms. The van der Waals surface area contributed by atoms with Crippen molar-refractivity contribution in [3.05, 3.63) is 23.0 Å². The Hall–Kier alpha value is -1.50. The number of nitrogens with zero attached hydrogens (tertiary/aromatic N) is 1. The second-order valence-electron chi connectivity index (χ2n) is 2.77. The van der Waals surface area contributed by atoms with Crippen molar-refractivity contribution in [1.82, 2.24) is 4.98 Å². The first-order valence-corrected chi connectivity index (χ1v) is 4.79. The van der Waals surface area contributed by atoms with E-state index in [4.69, 9.17) is 11.6 Å². The van der Waals surface area contributed by atoms with Crippen LogP contribution in [0.4, 0.5) is 13.2 Å². The van der Waals surface area contributed by atoms with Crippen LogP contribution in [-0.4, -0.2) is 23.9 Å². The molecule has 1 aromatic rings. The molecule has 4 nitrogen and oxygen atoms in total. The van der Waals surface area contributed by atoms with E-state index >= 15 is 0 Å². The SMILES string of the molecule is CCOC(=O)c1cc(Cl)ncc1OC(F)(F)F. The minimum atomic E-state index is -4.92. The molecule has 0 aromatic carbocycles. The lowest BCUT2D eigenvalue weighted by atomic mass is 10.2. The average Bonchev–Trinajstić information content (AvgIpc) is 2.19. The Balaban J connectivity index is 3.08. The first-order valence-electron chi connectivity index (χ1n) is 4.42. The summed E-state index contributed by atoms with van der Waals surface area (Å²) in [5, 5.41) is -0.137. The van der Waals surface area contributed by atoms with Crippen LogP contribution in [0.15, 0.2) is 12.3 Å². The highest BCUT2D eigenvalue weighted by Crippen LogP contribution is 2.27. The fourth-order valence-electron chi connectivity index (χ4n) is 0.992. The smallest absolute Gasteiger partial charge is 0.462 e. The van der Waals surface area contributed by atoms with Crippen LogP contribution in [-0.2, 0) is 4.74 Å². The second kappa shape index (κ2) is 5.22. The van der Waals surface area contributed by atoms with Crippen molar-refractivity contribution in [3.8, 4) is 5.75 Å². The Morgan fingerprint density at radius 3 is 2.71 bits per heavy atom. The first kappa shape index (κ1) is 13.6. The molecule has 0 N–H and O–H groups in total. The van der Waals surface area contributed by atoms with Crippen LogP contribution in [0, 0.1) is 0 Å². The molecule has 0 saturated heterocycles. The predicted molar refractivity (Wildman–Crippen MR) is 51.9 cm³/mol. The van der Waals surface area contributed by atoms with Crippen molar-refractivity contribution in [1.29, 1.82) is 0 Å². The summed E-state index contributed by atoms with van der Waals surface area (Å²) in [7, 11) is 0. The van der Waals surface area contributed by atoms with E-state index in [1.54, 1.807) is 0 Å². The highest BCUT2D eigenvalue weighted by Gasteiger charge is 2.33. The molecule has 0 atom stereocenters. The van der Waals surface area contributed by atoms with Crippen molar-refractivity contribution in [2.24, 2.45) is 0 Å². The number of carbonyl (C=O) groups is 1. The van der Waals surface area contributed by atoms with Crippen LogP contribution >= 0.6 is 11.6 Å². The van der Waals surface area contributed by atoms with Gasteiger partial charge in [-0.2, -0.15) is 0 Å². The van der Waals surface area contributed by atoms with E-state index in [2.05, 4.69) is 14.5 Å². The van der Waals surface area contributed by atoms with Crippen molar-refractivity contribution in [2.45, 2.75) is 13.3 Å². The zero-order valence-corrected chi connectivity index (χ0v) is 9.30. The van der Waals surface area contributed by atoms with Crippen LogP contribution < -0.4 is 4.74 Å². The average molecular weight is 270 g/mol. The highest BCUT2D eigenvalue weighted by atomic mass is 35.5. The molecule has 0 unspecified atom stereocenters. The monoisotopic (exact) mass is 269 g/mol. The third-order valence-corrected chi connectivity index (χ3v) is 1.76. The zero-order chi connectivity index (χ0) is 13.1. The molecule has 0 amide bonds. The van der Waals surface area contributed by atoms with Crippen LogP contribution in [0.1, 0.15) is 17.3 Å². The summed E-state index contributed by atoms with van der Waals surface area (Å²) >= 11 is 5.48. The van der Waals surface area contributed by atoms with Crippen LogP contribution in [0.25, 0.3) is 0 Å². The highest BCUT2D eigenvalue weighted by molar-refractivity contribution is 6.29. The Bertz CT molecular complexity index is 422. The number of ether oxygens (including phenoxy) is 2. The van der Waals surface area contributed by atoms with E-state index < -0.39 is 23.6 Å². The van der Waals surface area contributed by atoms with Gasteiger partial charge in [0.25, 0.3) is 0 Å². The molecule has 1 rings (SSSR count). The summed E-state index contributed by atoms with van der Waals surface area (Å²) < 4.78 is 44.3. The summed E-state index contributed by atoms with van der Waals surface area (Å²) in [6.45, 7) is 1.54. The zero-order valence-electron chi connectivity index (χ0n) is 8.55. The summed E-state index contributed by atoms with van der Waals surface area (Å²) in [6, 6.07) is 0.945. The van der Waals surface area contributed by atoms with Crippen molar-refractivity contribution >= 4 is 17.6 Å². The number of aromatic nitrogens is 1. The van der Waals surface area contributed by atoms with Gasteiger partial charge in [0.2, 0.25) is 0 Å². The molecule has 94 valence electrons. The number of rotatable bonds is 3. The van der Waals surface area contributed by atoms with Gasteiger partial charge in [-0.15, -0.1) is 13.2 Å². The Morgan fingerprint density at radius 2 is 2.18 bits per heavy atom. The molecule has 0 aliphatic rings. The van der Waals surface area contributed by atoms with E-state index in [0.717, 1.165) is 6.07 Å². The number of pyridine rings is 1. The normalized spacial score (nSPS) is 11.1. The molecule has 0 radical (unpaired) electrons. The van der Waals surface area contributed by atoms with Gasteiger partial charge < -0.3 is 9.47 Å². The number of alkyl halides is 3. The molecule has 0 aliphatic carbocycles. The van der Waals surface area contributed by atoms with Gasteiger partial charge in [-0.05, 0) is 13.0 Å². The molecule has 0 saturated carbocycles. The van der Waals surface area contributed by atoms with E-state index in [1.165, 1.54) is 6.92 Å². The van der Waals surface area contributed by atoms with Crippen LogP contribution in [0.2, 0.25) is 5.15 Å². The van der Waals surface area contributed by atoms with Gasteiger partial charge in [0.05, 0.1) is 12.8 Å². The third-order valence-electron chi connectivity index (χ3n) is 1.56. The van der Waals surface area contributed by atoms with Gasteiger partial charge in [-0.1, -0.05) is 11.6 Å². The maximum absolute atomic E-state index is 12.0. The van der Waals surface area contributed by atoms with Gasteiger partial charge in [0.1, 0.15) is 10.7 Å². The lowest BCUT2D eigenvalue weighted by Gasteiger charge is -2.12. The number of hydrogen-bond donors (Lipinski definition) is 0. The van der Waals surface area contributed by atoms with E-state index in [1.807, 2.05) is 0 Å². The third kappa shape index (κ3) is 4.10. The number of halogens is 4. The molecule has 17 heavy (non-hydrogen) atoms. The first-order chi connectivity index (χ1) is 7.83. The van der Waals surface area contributed by atoms with Gasteiger partial charge in [-0.3, -0.25) is 0 Å². The fraction of sp³-hybridized carbons (Fsp3) is 0.333. The molecular formula is C9H7ClF3NO3. The summed E-state index contributed by atoms with van der Waals surface area (Å²) in [5.41, 5.74) is -0.427. The topological polar surface area (TPSA) is 48.4 Å². The lowest BCUT2D eigenvalue weighted by Crippen LogP contribution is -2.19. The lowest BCUT2D eigenvalue weighted by molar-refractivity contribution is -0.274. The van der Waals surface area contributed by atoms with Gasteiger partial charge in [0, 0.05) is 0 Å². The maximum Gasteiger partial charge on any atom is 0.573 e. The van der Waals surface area contributed by atoms with E-state index in [-0.39, 0.29) is 11.8 Å². The maximum atomic E-state index is 12.0. The molecule has 0 fully saturated rings. The quantitative estimate of drug-likeness (QED) is 0.625. The van der Waals surface area contributed by atoms with Gasteiger partial charge >= 0.3 is 12.3 Å². The van der Waals surface area contributed by atoms with Gasteiger partial charge in [-0.25, -0.2) is 9.78 Å². The minimum absolute atomic E-state index is 0.0181. The second-order valence-corrected chi connectivity index (χ2v) is 3.16. The number of hydrogen-bond acceptors (Lipinski definition) is 4. The summed E-state index contributed by atoms with van der Waals surface area (Å²) in [6.07, 6.45) is -4.21. The van der Waals surface area contributed by atoms with E-state index in [9.17, 15) is 18.0 Å². The summed E-state index contributed by atoms with van der Waals surface area (Å²) in [4.78, 5) is 14.7. The van der Waals surface area contributed by atoms with Gasteiger partial charge in [0.15, 0.2) is 5.75 Å². The Labute approximate surface area is 99.3 Å². The standard InChI is InChI=1S/C9H7ClF3NO3/c1-2-16-8(15)5-3-7(10)14-4-6(5)17-9(11,12)13/h3-4H,2H2,1H3. The molecule has 1 heterocycles. The van der Waals surface area contributed by atoms with Crippen molar-refractivity contribution < 1.29 is 27.4 Å². The van der Waals surface area contributed by atoms with Crippen molar-refractivity contribution in [2.75, 3.05) is 6.61 Å². The molecule has 0 aliphatic heterocycles. The Kier molecular flexibility index (Phi) is 4.17. The number of esters is 1. The predicted octanol–water partition coefficient (Wildman–Crippen LogP) is 2.81. The van der Waals surface area contributed by atoms with Crippen molar-refractivity contribution in [3.63, 3.8) is 0 Å². The molecule has 8 heteroatoms. The van der Waals surface area contributed by atoms with Crippen LogP contribution in [0.5, 0.6) is 5.75 Å². The van der Waals surface area contributed by atoms with Crippen LogP contribution in [0.3, 0.4) is 0 Å². The van der Waals surface area contributed by atoms with E-state index in [0.29, 0.717) is 6.20 Å². The largest absolute Gasteiger partial charge is 0.573 e. The molecule has 1 aromatic heterocycles. The summed E-state index contributed by atoms with van der Waals surface area (Å²) in [5.74, 6) is -1.71. The fourth-order valence-corrected chi connectivity index (χ4v) is 1.15. The molecule has 0 bridgehead atoms. The number of carbonyl (C=O) groups excluding carboxylic acids is 1.